The summed E-state index contributed by atoms with van der Waals surface area (Å²) in [6.45, 7) is 4.43. The number of fused-ring (bicyclic) bond motifs is 1. The molecule has 0 aliphatic heterocycles. The number of benzene rings is 1. The molecule has 0 unspecified atom stereocenters. The van der Waals surface area contributed by atoms with Crippen LogP contribution in [0.2, 0.25) is 0 Å². The Morgan fingerprint density at radius 2 is 1.90 bits per heavy atom. The Hall–Kier alpha value is -2.43. The third-order valence-corrected chi connectivity index (χ3v) is 3.17. The Morgan fingerprint density at radius 1 is 1.15 bits per heavy atom. The second-order valence-electron chi connectivity index (χ2n) is 5.33. The Labute approximate surface area is 117 Å². The number of rotatable bonds is 3. The topological polar surface area (TPSA) is 80.5 Å². The molecule has 3 aromatic rings. The molecule has 0 aliphatic carbocycles. The summed E-state index contributed by atoms with van der Waals surface area (Å²) in [5, 5.41) is 0. The van der Waals surface area contributed by atoms with Crippen molar-refractivity contribution < 1.29 is 0 Å². The van der Waals surface area contributed by atoms with Gasteiger partial charge in [0.15, 0.2) is 5.65 Å². The Balaban J connectivity index is 2.04. The van der Waals surface area contributed by atoms with E-state index in [-0.39, 0.29) is 5.95 Å². The van der Waals surface area contributed by atoms with E-state index in [0.29, 0.717) is 11.6 Å². The molecule has 5 heteroatoms. The van der Waals surface area contributed by atoms with E-state index in [1.54, 1.807) is 6.33 Å². The fraction of sp³-hybridized carbons (Fsp3) is 0.267. The maximum absolute atomic E-state index is 5.74. The van der Waals surface area contributed by atoms with Gasteiger partial charge in [-0.05, 0) is 17.9 Å². The molecule has 0 saturated carbocycles. The maximum Gasteiger partial charge on any atom is 0.222 e. The van der Waals surface area contributed by atoms with Crippen LogP contribution < -0.4 is 5.73 Å². The van der Waals surface area contributed by atoms with Crippen LogP contribution in [0.4, 0.5) is 5.95 Å². The van der Waals surface area contributed by atoms with Crippen molar-refractivity contribution >= 4 is 17.1 Å². The van der Waals surface area contributed by atoms with Gasteiger partial charge in [0.2, 0.25) is 5.95 Å². The number of H-pyrrole nitrogens is 1. The largest absolute Gasteiger partial charge is 0.368 e. The average Bonchev–Trinajstić information content (AvgIpc) is 2.86. The second-order valence-corrected chi connectivity index (χ2v) is 5.33. The summed E-state index contributed by atoms with van der Waals surface area (Å²) in [7, 11) is 0. The molecule has 3 rings (SSSR count). The minimum atomic E-state index is 0.242. The number of imidazole rings is 1. The number of nitrogens with two attached hydrogens (primary N) is 1. The molecule has 0 aliphatic rings. The molecule has 0 atom stereocenters. The lowest BCUT2D eigenvalue weighted by molar-refractivity contribution is 0.647. The van der Waals surface area contributed by atoms with Crippen molar-refractivity contribution in [3.63, 3.8) is 0 Å². The first kappa shape index (κ1) is 12.6. The lowest BCUT2D eigenvalue weighted by Crippen LogP contribution is -1.98. The molecule has 1 aromatic carbocycles. The van der Waals surface area contributed by atoms with Crippen LogP contribution in [0.25, 0.3) is 22.4 Å². The molecular formula is C15H17N5. The zero-order valence-corrected chi connectivity index (χ0v) is 11.6. The van der Waals surface area contributed by atoms with Crippen LogP contribution in [0.3, 0.4) is 0 Å². The number of nitrogens with one attached hydrogen (secondary N) is 1. The van der Waals surface area contributed by atoms with E-state index in [4.69, 9.17) is 5.73 Å². The van der Waals surface area contributed by atoms with E-state index in [0.717, 1.165) is 23.2 Å². The highest BCUT2D eigenvalue weighted by Gasteiger charge is 2.10. The zero-order chi connectivity index (χ0) is 14.1. The van der Waals surface area contributed by atoms with Gasteiger partial charge in [-0.3, -0.25) is 0 Å². The second kappa shape index (κ2) is 4.92. The summed E-state index contributed by atoms with van der Waals surface area (Å²) in [6, 6.07) is 8.41. The fourth-order valence-corrected chi connectivity index (χ4v) is 2.33. The van der Waals surface area contributed by atoms with E-state index in [1.807, 2.05) is 0 Å². The smallest absolute Gasteiger partial charge is 0.222 e. The van der Waals surface area contributed by atoms with Crippen molar-refractivity contribution in [1.82, 2.24) is 19.9 Å². The van der Waals surface area contributed by atoms with E-state index in [2.05, 4.69) is 58.0 Å². The number of aromatic amines is 1. The molecule has 2 aromatic heterocycles. The van der Waals surface area contributed by atoms with Crippen LogP contribution >= 0.6 is 0 Å². The molecule has 0 bridgehead atoms. The van der Waals surface area contributed by atoms with Gasteiger partial charge in [0.25, 0.3) is 0 Å². The van der Waals surface area contributed by atoms with E-state index < -0.39 is 0 Å². The Morgan fingerprint density at radius 3 is 2.60 bits per heavy atom. The van der Waals surface area contributed by atoms with Crippen molar-refractivity contribution in [2.75, 3.05) is 5.73 Å². The number of anilines is 1. The summed E-state index contributed by atoms with van der Waals surface area (Å²) >= 11 is 0. The third-order valence-electron chi connectivity index (χ3n) is 3.17. The van der Waals surface area contributed by atoms with Gasteiger partial charge in [-0.15, -0.1) is 0 Å². The molecule has 0 fully saturated rings. The van der Waals surface area contributed by atoms with E-state index in [1.165, 1.54) is 5.56 Å². The molecule has 0 radical (unpaired) electrons. The van der Waals surface area contributed by atoms with Crippen LogP contribution in [0.1, 0.15) is 19.4 Å². The van der Waals surface area contributed by atoms with Crippen molar-refractivity contribution in [2.24, 2.45) is 5.92 Å². The molecule has 3 N–H and O–H groups in total. The zero-order valence-electron chi connectivity index (χ0n) is 11.6. The third kappa shape index (κ3) is 2.34. The highest BCUT2D eigenvalue weighted by molar-refractivity contribution is 5.87. The van der Waals surface area contributed by atoms with Gasteiger partial charge in [0.1, 0.15) is 11.2 Å². The molecule has 0 spiro atoms. The monoisotopic (exact) mass is 267 g/mol. The molecule has 5 nitrogen and oxygen atoms in total. The van der Waals surface area contributed by atoms with Gasteiger partial charge in [-0.2, -0.15) is 4.98 Å². The first-order chi connectivity index (χ1) is 9.63. The number of nitrogens with zero attached hydrogens (tertiary/aromatic N) is 3. The van der Waals surface area contributed by atoms with Crippen LogP contribution in [0, 0.1) is 5.92 Å². The van der Waals surface area contributed by atoms with Gasteiger partial charge in [0.05, 0.1) is 6.33 Å². The van der Waals surface area contributed by atoms with Gasteiger partial charge in [-0.1, -0.05) is 38.1 Å². The van der Waals surface area contributed by atoms with E-state index >= 15 is 0 Å². The summed E-state index contributed by atoms with van der Waals surface area (Å²) in [6.07, 6.45) is 2.68. The molecular weight excluding hydrogens is 250 g/mol. The summed E-state index contributed by atoms with van der Waals surface area (Å²) in [5.74, 6) is 0.890. The summed E-state index contributed by atoms with van der Waals surface area (Å²) in [4.78, 5) is 15.6. The van der Waals surface area contributed by atoms with Gasteiger partial charge in [0, 0.05) is 5.56 Å². The first-order valence-corrected chi connectivity index (χ1v) is 6.69. The highest BCUT2D eigenvalue weighted by atomic mass is 15.1. The van der Waals surface area contributed by atoms with Crippen LogP contribution in [-0.2, 0) is 6.42 Å². The lowest BCUT2D eigenvalue weighted by atomic mass is 10.0. The SMILES string of the molecule is CC(C)Cc1ccc(-c2nc(N)nc3nc[nH]c23)cc1. The van der Waals surface area contributed by atoms with Crippen molar-refractivity contribution in [1.29, 1.82) is 0 Å². The number of hydrogen-bond donors (Lipinski definition) is 2. The van der Waals surface area contributed by atoms with Crippen LogP contribution in [0.5, 0.6) is 0 Å². The quantitative estimate of drug-likeness (QED) is 0.764. The minimum Gasteiger partial charge on any atom is -0.368 e. The molecule has 2 heterocycles. The fourth-order valence-electron chi connectivity index (χ4n) is 2.33. The molecule has 20 heavy (non-hydrogen) atoms. The Kier molecular flexibility index (Phi) is 3.10. The van der Waals surface area contributed by atoms with Crippen molar-refractivity contribution in [2.45, 2.75) is 20.3 Å². The summed E-state index contributed by atoms with van der Waals surface area (Å²) in [5.41, 5.74) is 10.3. The van der Waals surface area contributed by atoms with Crippen LogP contribution in [0.15, 0.2) is 30.6 Å². The standard InChI is InChI=1S/C15H17N5/c1-9(2)7-10-3-5-11(6-4-10)12-13-14(18-8-17-13)20-15(16)19-12/h3-6,8-9H,7H2,1-2H3,(H3,16,17,18,19,20). The average molecular weight is 267 g/mol. The predicted molar refractivity (Wildman–Crippen MR) is 80.1 cm³/mol. The predicted octanol–water partition coefficient (Wildman–Crippen LogP) is 2.80. The number of aromatic nitrogens is 4. The van der Waals surface area contributed by atoms with Crippen molar-refractivity contribution in [3.8, 4) is 11.3 Å². The Bertz CT molecular complexity index is 728. The first-order valence-electron chi connectivity index (χ1n) is 6.69. The van der Waals surface area contributed by atoms with Crippen molar-refractivity contribution in [3.05, 3.63) is 36.2 Å². The lowest BCUT2D eigenvalue weighted by Gasteiger charge is -2.07. The van der Waals surface area contributed by atoms with Gasteiger partial charge >= 0.3 is 0 Å². The van der Waals surface area contributed by atoms with Gasteiger partial charge < -0.3 is 10.7 Å². The van der Waals surface area contributed by atoms with Gasteiger partial charge in [-0.25, -0.2) is 9.97 Å². The highest BCUT2D eigenvalue weighted by Crippen LogP contribution is 2.25. The summed E-state index contributed by atoms with van der Waals surface area (Å²) < 4.78 is 0. The minimum absolute atomic E-state index is 0.242. The molecule has 0 amide bonds. The van der Waals surface area contributed by atoms with Crippen LogP contribution in [-0.4, -0.2) is 19.9 Å². The molecule has 102 valence electrons. The maximum atomic E-state index is 5.74. The molecule has 0 saturated heterocycles. The normalized spacial score (nSPS) is 11.3. The number of nitrogen functional groups attached to an aromatic ring is 1. The van der Waals surface area contributed by atoms with E-state index in [9.17, 15) is 0 Å². The number of hydrogen-bond acceptors (Lipinski definition) is 4.